The summed E-state index contributed by atoms with van der Waals surface area (Å²) in [5.41, 5.74) is 1.00. The van der Waals surface area contributed by atoms with E-state index >= 15 is 0 Å². The second kappa shape index (κ2) is 6.01. The van der Waals surface area contributed by atoms with Gasteiger partial charge in [-0.3, -0.25) is 13.9 Å². The number of anilines is 1. The van der Waals surface area contributed by atoms with Crippen LogP contribution in [0.3, 0.4) is 0 Å². The zero-order chi connectivity index (χ0) is 18.4. The molecular formula is C17H22N2O5S. The molecule has 0 spiro atoms. The van der Waals surface area contributed by atoms with Crippen LogP contribution in [0.25, 0.3) is 0 Å². The van der Waals surface area contributed by atoms with Crippen molar-refractivity contribution in [3.8, 4) is 0 Å². The Kier molecular flexibility index (Phi) is 4.26. The molecule has 1 saturated heterocycles. The van der Waals surface area contributed by atoms with Gasteiger partial charge in [-0.05, 0) is 49.9 Å². The van der Waals surface area contributed by atoms with Crippen LogP contribution in [0.1, 0.15) is 35.7 Å². The van der Waals surface area contributed by atoms with Crippen molar-refractivity contribution in [3.63, 3.8) is 0 Å². The average Bonchev–Trinajstić information content (AvgIpc) is 2.97. The van der Waals surface area contributed by atoms with Crippen LogP contribution >= 0.6 is 0 Å². The lowest BCUT2D eigenvalue weighted by atomic mass is 9.82. The highest BCUT2D eigenvalue weighted by Crippen LogP contribution is 2.33. The van der Waals surface area contributed by atoms with Gasteiger partial charge in [0.2, 0.25) is 10.0 Å². The molecule has 1 atom stereocenters. The zero-order valence-electron chi connectivity index (χ0n) is 14.4. The Hall–Kier alpha value is -2.09. The van der Waals surface area contributed by atoms with E-state index in [0.29, 0.717) is 43.6 Å². The van der Waals surface area contributed by atoms with Crippen molar-refractivity contribution in [3.05, 3.63) is 29.3 Å². The fourth-order valence-corrected chi connectivity index (χ4v) is 4.58. The molecule has 1 aromatic rings. The van der Waals surface area contributed by atoms with Gasteiger partial charge in [-0.1, -0.05) is 0 Å². The summed E-state index contributed by atoms with van der Waals surface area (Å²) in [5, 5.41) is 9.40. The first-order chi connectivity index (χ1) is 11.6. The van der Waals surface area contributed by atoms with Crippen molar-refractivity contribution < 1.29 is 23.1 Å². The number of rotatable bonds is 3. The van der Waals surface area contributed by atoms with Crippen LogP contribution in [0, 0.1) is 5.41 Å². The van der Waals surface area contributed by atoms with Crippen LogP contribution in [0.4, 0.5) is 5.69 Å². The van der Waals surface area contributed by atoms with Crippen LogP contribution in [0.2, 0.25) is 0 Å². The average molecular weight is 366 g/mol. The molecule has 136 valence electrons. The first-order valence-corrected chi connectivity index (χ1v) is 10.1. The summed E-state index contributed by atoms with van der Waals surface area (Å²) in [5.74, 6) is -1.09. The monoisotopic (exact) mass is 366 g/mol. The molecule has 1 fully saturated rings. The number of carboxylic acid groups (broad SMARTS) is 1. The molecule has 1 unspecified atom stereocenters. The quantitative estimate of drug-likeness (QED) is 0.871. The molecule has 1 amide bonds. The van der Waals surface area contributed by atoms with Gasteiger partial charge in [0.1, 0.15) is 0 Å². The highest BCUT2D eigenvalue weighted by molar-refractivity contribution is 7.92. The Balaban J connectivity index is 1.84. The van der Waals surface area contributed by atoms with Crippen molar-refractivity contribution in [1.29, 1.82) is 0 Å². The summed E-state index contributed by atoms with van der Waals surface area (Å²) in [6.07, 6.45) is 2.94. The third-order valence-corrected chi connectivity index (χ3v) is 6.26. The normalized spacial score (nSPS) is 23.4. The topological polar surface area (TPSA) is 95.0 Å². The summed E-state index contributed by atoms with van der Waals surface area (Å²) >= 11 is 0. The summed E-state index contributed by atoms with van der Waals surface area (Å²) in [6.45, 7) is 2.77. The lowest BCUT2D eigenvalue weighted by molar-refractivity contribution is -0.150. The maximum absolute atomic E-state index is 12.8. The summed E-state index contributed by atoms with van der Waals surface area (Å²) in [4.78, 5) is 25.8. The number of aliphatic carboxylic acids is 1. The van der Waals surface area contributed by atoms with Crippen molar-refractivity contribution >= 4 is 27.6 Å². The van der Waals surface area contributed by atoms with Crippen LogP contribution in [-0.2, 0) is 21.2 Å². The van der Waals surface area contributed by atoms with Gasteiger partial charge in [-0.15, -0.1) is 0 Å². The minimum atomic E-state index is -3.32. The number of carbonyl (C=O) groups is 2. The minimum absolute atomic E-state index is 0.188. The third kappa shape index (κ3) is 3.22. The number of benzene rings is 1. The van der Waals surface area contributed by atoms with E-state index in [-0.39, 0.29) is 12.5 Å². The van der Waals surface area contributed by atoms with Crippen LogP contribution < -0.4 is 4.31 Å². The molecule has 0 bridgehead atoms. The molecule has 7 nitrogen and oxygen atoms in total. The number of hydrogen-bond donors (Lipinski definition) is 1. The molecule has 1 N–H and O–H groups in total. The van der Waals surface area contributed by atoms with Gasteiger partial charge in [-0.25, -0.2) is 8.42 Å². The Labute approximate surface area is 147 Å². The maximum Gasteiger partial charge on any atom is 0.311 e. The van der Waals surface area contributed by atoms with E-state index in [1.165, 1.54) is 10.6 Å². The van der Waals surface area contributed by atoms with Gasteiger partial charge in [0, 0.05) is 25.2 Å². The lowest BCUT2D eigenvalue weighted by Gasteiger charge is -2.37. The SMILES string of the molecule is CC1(C(=O)O)CCCN(C(=O)c2ccc3c(c2)CCN3S(C)(=O)=O)C1. The lowest BCUT2D eigenvalue weighted by Crippen LogP contribution is -2.48. The molecular weight excluding hydrogens is 344 g/mol. The van der Waals surface area contributed by atoms with Crippen molar-refractivity contribution in [2.75, 3.05) is 30.2 Å². The van der Waals surface area contributed by atoms with Crippen LogP contribution in [0.5, 0.6) is 0 Å². The summed E-state index contributed by atoms with van der Waals surface area (Å²) in [7, 11) is -3.32. The Morgan fingerprint density at radius 1 is 1.24 bits per heavy atom. The number of carboxylic acids is 1. The van der Waals surface area contributed by atoms with Crippen molar-refractivity contribution in [2.45, 2.75) is 26.2 Å². The Morgan fingerprint density at radius 3 is 2.60 bits per heavy atom. The van der Waals surface area contributed by atoms with E-state index in [9.17, 15) is 23.1 Å². The van der Waals surface area contributed by atoms with Crippen molar-refractivity contribution in [2.24, 2.45) is 5.41 Å². The number of amides is 1. The first-order valence-electron chi connectivity index (χ1n) is 8.25. The van der Waals surface area contributed by atoms with Gasteiger partial charge in [0.25, 0.3) is 5.91 Å². The minimum Gasteiger partial charge on any atom is -0.481 e. The highest BCUT2D eigenvalue weighted by Gasteiger charge is 2.39. The van der Waals surface area contributed by atoms with Crippen molar-refractivity contribution in [1.82, 2.24) is 4.90 Å². The smallest absolute Gasteiger partial charge is 0.311 e. The molecule has 2 aliphatic heterocycles. The zero-order valence-corrected chi connectivity index (χ0v) is 15.2. The molecule has 2 aliphatic rings. The number of sulfonamides is 1. The molecule has 0 aliphatic carbocycles. The number of carbonyl (C=O) groups excluding carboxylic acids is 1. The largest absolute Gasteiger partial charge is 0.481 e. The predicted molar refractivity (Wildman–Crippen MR) is 93.2 cm³/mol. The van der Waals surface area contributed by atoms with E-state index in [1.54, 1.807) is 30.0 Å². The standard InChI is InChI=1S/C17H22N2O5S/c1-17(16(21)22)7-3-8-18(11-17)15(20)13-4-5-14-12(10-13)6-9-19(14)25(2,23)24/h4-5,10H,3,6-9,11H2,1-2H3,(H,21,22). The fourth-order valence-electron chi connectivity index (χ4n) is 3.62. The fraction of sp³-hybridized carbons (Fsp3) is 0.529. The predicted octanol–water partition coefficient (Wildman–Crippen LogP) is 1.34. The molecule has 0 saturated carbocycles. The number of nitrogens with zero attached hydrogens (tertiary/aromatic N) is 2. The van der Waals surface area contributed by atoms with Gasteiger partial charge >= 0.3 is 5.97 Å². The third-order valence-electron chi connectivity index (χ3n) is 5.08. The summed E-state index contributed by atoms with van der Waals surface area (Å²) in [6, 6.07) is 5.02. The molecule has 0 radical (unpaired) electrons. The van der Waals surface area contributed by atoms with E-state index in [0.717, 1.165) is 5.56 Å². The van der Waals surface area contributed by atoms with Gasteiger partial charge < -0.3 is 10.0 Å². The molecule has 8 heteroatoms. The van der Waals surface area contributed by atoms with E-state index < -0.39 is 21.4 Å². The first kappa shape index (κ1) is 17.7. The molecule has 0 aromatic heterocycles. The highest BCUT2D eigenvalue weighted by atomic mass is 32.2. The van der Waals surface area contributed by atoms with Gasteiger partial charge in [0.15, 0.2) is 0 Å². The number of likely N-dealkylation sites (tertiary alicyclic amines) is 1. The molecule has 3 rings (SSSR count). The van der Waals surface area contributed by atoms with Crippen LogP contribution in [0.15, 0.2) is 18.2 Å². The molecule has 2 heterocycles. The number of hydrogen-bond acceptors (Lipinski definition) is 4. The van der Waals surface area contributed by atoms with Gasteiger partial charge in [-0.2, -0.15) is 0 Å². The van der Waals surface area contributed by atoms with Gasteiger partial charge in [0.05, 0.1) is 17.4 Å². The van der Waals surface area contributed by atoms with E-state index in [2.05, 4.69) is 0 Å². The van der Waals surface area contributed by atoms with E-state index in [1.807, 2.05) is 0 Å². The summed E-state index contributed by atoms with van der Waals surface area (Å²) < 4.78 is 24.9. The maximum atomic E-state index is 12.8. The number of fused-ring (bicyclic) bond motifs is 1. The molecule has 1 aromatic carbocycles. The van der Waals surface area contributed by atoms with E-state index in [4.69, 9.17) is 0 Å². The Morgan fingerprint density at radius 2 is 1.96 bits per heavy atom. The number of piperidine rings is 1. The second-order valence-corrected chi connectivity index (χ2v) is 9.03. The Bertz CT molecular complexity index is 835. The molecule has 25 heavy (non-hydrogen) atoms. The second-order valence-electron chi connectivity index (χ2n) is 7.12. The van der Waals surface area contributed by atoms with Crippen LogP contribution in [-0.4, -0.2) is 56.2 Å².